The van der Waals surface area contributed by atoms with Crippen molar-refractivity contribution >= 4 is 5.96 Å². The van der Waals surface area contributed by atoms with Crippen molar-refractivity contribution in [2.45, 2.75) is 64.2 Å². The number of rotatable bonds is 6. The smallest absolute Gasteiger partial charge is 0.226 e. The Labute approximate surface area is 130 Å². The number of aliphatic imine (C=N–C) groups is 1. The molecule has 7 nitrogen and oxygen atoms in total. The first kappa shape index (κ1) is 15.3. The van der Waals surface area contributed by atoms with E-state index in [1.165, 1.54) is 6.42 Å². The molecule has 0 aromatic carbocycles. The van der Waals surface area contributed by atoms with Crippen molar-refractivity contribution in [1.29, 1.82) is 0 Å². The van der Waals surface area contributed by atoms with Gasteiger partial charge in [-0.25, -0.2) is 0 Å². The molecule has 0 amide bonds. The summed E-state index contributed by atoms with van der Waals surface area (Å²) in [6, 6.07) is 0.398. The average molecular weight is 307 g/mol. The molecule has 122 valence electrons. The number of hydrogen-bond donors (Lipinski definition) is 2. The fourth-order valence-corrected chi connectivity index (χ4v) is 3.15. The van der Waals surface area contributed by atoms with E-state index < -0.39 is 0 Å². The Kier molecular flexibility index (Phi) is 4.92. The van der Waals surface area contributed by atoms with E-state index >= 15 is 0 Å². The normalized spacial score (nSPS) is 27.4. The van der Waals surface area contributed by atoms with Crippen LogP contribution >= 0.6 is 0 Å². The van der Waals surface area contributed by atoms with Crippen molar-refractivity contribution in [3.05, 3.63) is 11.7 Å². The van der Waals surface area contributed by atoms with Crippen LogP contribution in [0.4, 0.5) is 0 Å². The van der Waals surface area contributed by atoms with E-state index in [0.717, 1.165) is 44.7 Å². The fraction of sp³-hybridized carbons (Fsp3) is 0.800. The molecule has 1 aromatic rings. The predicted octanol–water partition coefficient (Wildman–Crippen LogP) is 1.19. The second kappa shape index (κ2) is 7.09. The summed E-state index contributed by atoms with van der Waals surface area (Å²) in [5.74, 6) is 2.25. The first-order chi connectivity index (χ1) is 10.7. The van der Waals surface area contributed by atoms with Crippen LogP contribution in [0, 0.1) is 6.92 Å². The molecule has 0 saturated carbocycles. The summed E-state index contributed by atoms with van der Waals surface area (Å²) >= 11 is 0. The van der Waals surface area contributed by atoms with Crippen LogP contribution in [0.3, 0.4) is 0 Å². The summed E-state index contributed by atoms with van der Waals surface area (Å²) in [7, 11) is 0. The van der Waals surface area contributed by atoms with Crippen LogP contribution in [0.2, 0.25) is 0 Å². The van der Waals surface area contributed by atoms with Gasteiger partial charge in [0.15, 0.2) is 11.8 Å². The molecule has 3 atom stereocenters. The third-order valence-electron chi connectivity index (χ3n) is 4.16. The topological polar surface area (TPSA) is 84.6 Å². The number of fused-ring (bicyclic) bond motifs is 2. The van der Waals surface area contributed by atoms with E-state index in [9.17, 15) is 0 Å². The number of guanidine groups is 1. The summed E-state index contributed by atoms with van der Waals surface area (Å²) < 4.78 is 11.0. The van der Waals surface area contributed by atoms with E-state index in [1.54, 1.807) is 0 Å². The van der Waals surface area contributed by atoms with Crippen molar-refractivity contribution in [1.82, 2.24) is 20.8 Å². The quantitative estimate of drug-likeness (QED) is 0.466. The van der Waals surface area contributed by atoms with E-state index in [4.69, 9.17) is 9.26 Å². The zero-order valence-corrected chi connectivity index (χ0v) is 13.3. The van der Waals surface area contributed by atoms with Crippen molar-refractivity contribution in [2.24, 2.45) is 4.99 Å². The van der Waals surface area contributed by atoms with Gasteiger partial charge in [0.25, 0.3) is 0 Å². The lowest BCUT2D eigenvalue weighted by molar-refractivity contribution is 0.0992. The lowest BCUT2D eigenvalue weighted by atomic mass is 9.96. The van der Waals surface area contributed by atoms with Gasteiger partial charge in [0.2, 0.25) is 5.89 Å². The highest BCUT2D eigenvalue weighted by molar-refractivity contribution is 5.80. The number of hydrogen-bond acceptors (Lipinski definition) is 5. The maximum absolute atomic E-state index is 5.88. The minimum absolute atomic E-state index is 0.357. The maximum Gasteiger partial charge on any atom is 0.226 e. The Hall–Kier alpha value is -1.63. The summed E-state index contributed by atoms with van der Waals surface area (Å²) in [5, 5.41) is 10.6. The zero-order valence-electron chi connectivity index (χ0n) is 13.3. The molecule has 2 aliphatic rings. The van der Waals surface area contributed by atoms with Gasteiger partial charge in [-0.2, -0.15) is 4.98 Å². The Morgan fingerprint density at radius 1 is 1.41 bits per heavy atom. The Morgan fingerprint density at radius 2 is 2.32 bits per heavy atom. The molecule has 2 fully saturated rings. The van der Waals surface area contributed by atoms with Gasteiger partial charge in [0.05, 0.1) is 18.2 Å². The Bertz CT molecular complexity index is 516. The molecule has 0 aliphatic carbocycles. The second-order valence-electron chi connectivity index (χ2n) is 5.96. The minimum atomic E-state index is 0.357. The number of nitrogens with one attached hydrogen (secondary N) is 2. The molecule has 2 aliphatic heterocycles. The van der Waals surface area contributed by atoms with E-state index in [0.29, 0.717) is 30.0 Å². The molecule has 3 unspecified atom stereocenters. The Balaban J connectivity index is 1.45. The number of nitrogens with zero attached hydrogens (tertiary/aromatic N) is 3. The van der Waals surface area contributed by atoms with Crippen LogP contribution < -0.4 is 10.6 Å². The van der Waals surface area contributed by atoms with E-state index in [-0.39, 0.29) is 0 Å². The van der Waals surface area contributed by atoms with Crippen LogP contribution in [0.15, 0.2) is 9.52 Å². The molecule has 3 rings (SSSR count). The van der Waals surface area contributed by atoms with Crippen LogP contribution in [0.1, 0.15) is 44.3 Å². The molecule has 2 N–H and O–H groups in total. The molecule has 1 aromatic heterocycles. The van der Waals surface area contributed by atoms with Crippen LogP contribution in [0.5, 0.6) is 0 Å². The highest BCUT2D eigenvalue weighted by atomic mass is 16.5. The van der Waals surface area contributed by atoms with Crippen LogP contribution in [-0.2, 0) is 11.2 Å². The van der Waals surface area contributed by atoms with Crippen molar-refractivity contribution in [3.63, 3.8) is 0 Å². The first-order valence-corrected chi connectivity index (χ1v) is 8.24. The predicted molar refractivity (Wildman–Crippen MR) is 82.8 cm³/mol. The van der Waals surface area contributed by atoms with Gasteiger partial charge in [-0.15, -0.1) is 0 Å². The molecule has 22 heavy (non-hydrogen) atoms. The molecule has 2 saturated heterocycles. The van der Waals surface area contributed by atoms with Crippen molar-refractivity contribution in [3.8, 4) is 0 Å². The number of aromatic nitrogens is 2. The van der Waals surface area contributed by atoms with Crippen LogP contribution in [-0.4, -0.2) is 47.4 Å². The van der Waals surface area contributed by atoms with Crippen molar-refractivity contribution in [2.75, 3.05) is 13.1 Å². The summed E-state index contributed by atoms with van der Waals surface area (Å²) in [4.78, 5) is 8.83. The molecule has 0 spiro atoms. The zero-order chi connectivity index (χ0) is 15.4. The average Bonchev–Trinajstić information content (AvgIpc) is 3.20. The molecule has 0 radical (unpaired) electrons. The highest BCUT2D eigenvalue weighted by Gasteiger charge is 2.41. The molecule has 2 bridgehead atoms. The third kappa shape index (κ3) is 3.76. The molecule has 3 heterocycles. The summed E-state index contributed by atoms with van der Waals surface area (Å²) in [6.45, 7) is 5.50. The highest BCUT2D eigenvalue weighted by Crippen LogP contribution is 2.34. The summed E-state index contributed by atoms with van der Waals surface area (Å²) in [5.41, 5.74) is 0. The van der Waals surface area contributed by atoms with Gasteiger partial charge in [-0.3, -0.25) is 4.99 Å². The molecular formula is C15H25N5O2. The fourth-order valence-electron chi connectivity index (χ4n) is 3.15. The first-order valence-electron chi connectivity index (χ1n) is 8.24. The summed E-state index contributed by atoms with van der Waals surface area (Å²) in [6.07, 6.45) is 5.93. The second-order valence-corrected chi connectivity index (χ2v) is 5.96. The van der Waals surface area contributed by atoms with Gasteiger partial charge < -0.3 is 19.9 Å². The molecular weight excluding hydrogens is 282 g/mol. The van der Waals surface area contributed by atoms with Gasteiger partial charge in [0, 0.05) is 19.5 Å². The monoisotopic (exact) mass is 307 g/mol. The lowest BCUT2D eigenvalue weighted by Crippen LogP contribution is -2.47. The Morgan fingerprint density at radius 3 is 2.95 bits per heavy atom. The van der Waals surface area contributed by atoms with Gasteiger partial charge in [0.1, 0.15) is 0 Å². The van der Waals surface area contributed by atoms with Crippen LogP contribution in [0.25, 0.3) is 0 Å². The minimum Gasteiger partial charge on any atom is -0.373 e. The van der Waals surface area contributed by atoms with E-state index in [2.05, 4.69) is 32.7 Å². The van der Waals surface area contributed by atoms with Gasteiger partial charge in [-0.05, 0) is 39.5 Å². The van der Waals surface area contributed by atoms with Crippen molar-refractivity contribution < 1.29 is 9.26 Å². The number of aryl methyl sites for hydroxylation is 2. The maximum atomic E-state index is 5.88. The largest absolute Gasteiger partial charge is 0.373 e. The lowest BCUT2D eigenvalue weighted by Gasteiger charge is -2.22. The van der Waals surface area contributed by atoms with Gasteiger partial charge in [-0.1, -0.05) is 5.16 Å². The SMILES string of the molecule is CCNC(=NCCCc1nc(C)no1)NC1CC2CCC1O2. The third-order valence-corrected chi connectivity index (χ3v) is 4.16. The molecule has 7 heteroatoms. The number of ether oxygens (including phenoxy) is 1. The van der Waals surface area contributed by atoms with Gasteiger partial charge >= 0.3 is 0 Å². The van der Waals surface area contributed by atoms with E-state index in [1.807, 2.05) is 6.92 Å². The standard InChI is InChI=1S/C15H25N5O2/c1-3-16-15(19-12-9-11-6-7-13(12)21-11)17-8-4-5-14-18-10(2)20-22-14/h11-13H,3-9H2,1-2H3,(H2,16,17,19).